The smallest absolute Gasteiger partial charge is 0.335 e. The zero-order valence-corrected chi connectivity index (χ0v) is 7.16. The van der Waals surface area contributed by atoms with Crippen LogP contribution in [0.4, 0.5) is 0 Å². The number of nitrogens with two attached hydrogens (primary N) is 1. The van der Waals surface area contributed by atoms with E-state index < -0.39 is 11.6 Å². The zero-order valence-electron chi connectivity index (χ0n) is 7.16. The second kappa shape index (κ2) is 3.45. The summed E-state index contributed by atoms with van der Waals surface area (Å²) in [6.45, 7) is 3.53. The number of dihydropyridines is 1. The van der Waals surface area contributed by atoms with Crippen molar-refractivity contribution in [3.63, 3.8) is 0 Å². The fourth-order valence-corrected chi connectivity index (χ4v) is 1.23. The van der Waals surface area contributed by atoms with Crippen LogP contribution in [0, 0.1) is 0 Å². The number of aliphatic carboxylic acids is 1. The molecule has 4 nitrogen and oxygen atoms in total. The maximum atomic E-state index is 10.8. The standard InChI is InChI=1S/C9H12N2O2/c1-2-5-9(10)7(8(12)13)4-3-6-11-9/h2-4,6,11H,1,5,10H2,(H,12,13). The topological polar surface area (TPSA) is 75.3 Å². The zero-order chi connectivity index (χ0) is 9.90. The fraction of sp³-hybridized carbons (Fsp3) is 0.222. The number of hydrogen-bond acceptors (Lipinski definition) is 3. The first-order valence-electron chi connectivity index (χ1n) is 3.88. The molecule has 1 heterocycles. The number of hydrogen-bond donors (Lipinski definition) is 3. The second-order valence-corrected chi connectivity index (χ2v) is 2.85. The molecule has 13 heavy (non-hydrogen) atoms. The minimum absolute atomic E-state index is 0.148. The molecule has 70 valence electrons. The van der Waals surface area contributed by atoms with Crippen LogP contribution in [0.1, 0.15) is 6.42 Å². The van der Waals surface area contributed by atoms with Gasteiger partial charge in [0.05, 0.1) is 5.57 Å². The largest absolute Gasteiger partial charge is 0.478 e. The predicted molar refractivity (Wildman–Crippen MR) is 49.7 cm³/mol. The fourth-order valence-electron chi connectivity index (χ4n) is 1.23. The summed E-state index contributed by atoms with van der Waals surface area (Å²) in [5.41, 5.74) is 4.95. The first-order valence-corrected chi connectivity index (χ1v) is 3.88. The summed E-state index contributed by atoms with van der Waals surface area (Å²) >= 11 is 0. The van der Waals surface area contributed by atoms with Crippen molar-refractivity contribution in [1.29, 1.82) is 0 Å². The third kappa shape index (κ3) is 1.78. The average Bonchev–Trinajstić information content (AvgIpc) is 2.04. The minimum Gasteiger partial charge on any atom is -0.478 e. The molecular weight excluding hydrogens is 168 g/mol. The van der Waals surface area contributed by atoms with Gasteiger partial charge in [0.2, 0.25) is 0 Å². The Morgan fingerprint density at radius 2 is 2.54 bits per heavy atom. The summed E-state index contributed by atoms with van der Waals surface area (Å²) in [4.78, 5) is 10.8. The van der Waals surface area contributed by atoms with Crippen molar-refractivity contribution in [2.45, 2.75) is 12.1 Å². The van der Waals surface area contributed by atoms with Crippen LogP contribution >= 0.6 is 0 Å². The molecule has 0 fully saturated rings. The van der Waals surface area contributed by atoms with Crippen LogP contribution in [0.3, 0.4) is 0 Å². The van der Waals surface area contributed by atoms with Crippen LogP contribution in [0.15, 0.2) is 36.6 Å². The number of carbonyl (C=O) groups is 1. The van der Waals surface area contributed by atoms with Crippen LogP contribution in [0.5, 0.6) is 0 Å². The van der Waals surface area contributed by atoms with Gasteiger partial charge in [-0.3, -0.25) is 0 Å². The van der Waals surface area contributed by atoms with Gasteiger partial charge in [0.25, 0.3) is 0 Å². The van der Waals surface area contributed by atoms with E-state index >= 15 is 0 Å². The molecule has 0 aromatic carbocycles. The van der Waals surface area contributed by atoms with Crippen molar-refractivity contribution in [2.75, 3.05) is 0 Å². The van der Waals surface area contributed by atoms with E-state index in [1.54, 1.807) is 18.4 Å². The van der Waals surface area contributed by atoms with E-state index in [4.69, 9.17) is 10.8 Å². The first-order chi connectivity index (χ1) is 6.10. The van der Waals surface area contributed by atoms with E-state index in [9.17, 15) is 4.79 Å². The molecule has 4 N–H and O–H groups in total. The van der Waals surface area contributed by atoms with E-state index in [0.29, 0.717) is 6.42 Å². The lowest BCUT2D eigenvalue weighted by atomic mass is 9.94. The monoisotopic (exact) mass is 180 g/mol. The molecule has 0 bridgehead atoms. The highest BCUT2D eigenvalue weighted by Crippen LogP contribution is 2.19. The third-order valence-electron chi connectivity index (χ3n) is 1.88. The maximum absolute atomic E-state index is 10.8. The Bertz CT molecular complexity index is 290. The predicted octanol–water partition coefficient (Wildman–Crippen LogP) is 0.345. The highest BCUT2D eigenvalue weighted by molar-refractivity contribution is 5.90. The Morgan fingerprint density at radius 3 is 3.08 bits per heavy atom. The van der Waals surface area contributed by atoms with Crippen LogP contribution < -0.4 is 11.1 Å². The Balaban J connectivity index is 2.98. The van der Waals surface area contributed by atoms with E-state index in [2.05, 4.69) is 11.9 Å². The summed E-state index contributed by atoms with van der Waals surface area (Å²) in [6, 6.07) is 0. The summed E-state index contributed by atoms with van der Waals surface area (Å²) in [5.74, 6) is -1.01. The number of carboxylic acids is 1. The van der Waals surface area contributed by atoms with E-state index in [-0.39, 0.29) is 5.57 Å². The van der Waals surface area contributed by atoms with E-state index in [0.717, 1.165) is 0 Å². The summed E-state index contributed by atoms with van der Waals surface area (Å²) in [5, 5.41) is 11.6. The minimum atomic E-state index is -1.03. The van der Waals surface area contributed by atoms with Gasteiger partial charge in [-0.2, -0.15) is 0 Å². The molecule has 1 aliphatic heterocycles. The van der Waals surface area contributed by atoms with Gasteiger partial charge < -0.3 is 16.2 Å². The third-order valence-corrected chi connectivity index (χ3v) is 1.88. The van der Waals surface area contributed by atoms with Gasteiger partial charge in [0, 0.05) is 6.42 Å². The molecule has 0 saturated carbocycles. The van der Waals surface area contributed by atoms with Crippen molar-refractivity contribution in [3.8, 4) is 0 Å². The molecule has 0 spiro atoms. The van der Waals surface area contributed by atoms with Crippen LogP contribution in [0.25, 0.3) is 0 Å². The van der Waals surface area contributed by atoms with Gasteiger partial charge in [-0.05, 0) is 18.4 Å². The molecule has 0 radical (unpaired) electrons. The van der Waals surface area contributed by atoms with Gasteiger partial charge in [0.1, 0.15) is 5.66 Å². The number of nitrogens with one attached hydrogen (secondary N) is 1. The molecule has 0 saturated heterocycles. The van der Waals surface area contributed by atoms with Crippen LogP contribution in [-0.2, 0) is 4.79 Å². The first kappa shape index (κ1) is 9.54. The maximum Gasteiger partial charge on any atom is 0.335 e. The van der Waals surface area contributed by atoms with Crippen molar-refractivity contribution in [2.24, 2.45) is 5.73 Å². The Kier molecular flexibility index (Phi) is 2.53. The molecule has 0 aliphatic carbocycles. The molecule has 0 amide bonds. The summed E-state index contributed by atoms with van der Waals surface area (Å²) in [6.07, 6.45) is 6.67. The molecule has 0 aromatic heterocycles. The normalized spacial score (nSPS) is 26.1. The Morgan fingerprint density at radius 1 is 1.85 bits per heavy atom. The van der Waals surface area contributed by atoms with Gasteiger partial charge in [-0.1, -0.05) is 6.08 Å². The Labute approximate surface area is 76.4 Å². The highest BCUT2D eigenvalue weighted by atomic mass is 16.4. The second-order valence-electron chi connectivity index (χ2n) is 2.85. The van der Waals surface area contributed by atoms with Crippen LogP contribution in [-0.4, -0.2) is 16.7 Å². The van der Waals surface area contributed by atoms with Gasteiger partial charge in [-0.25, -0.2) is 4.79 Å². The molecule has 1 atom stereocenters. The molecule has 1 aliphatic rings. The van der Waals surface area contributed by atoms with Gasteiger partial charge in [0.15, 0.2) is 0 Å². The number of rotatable bonds is 3. The van der Waals surface area contributed by atoms with Crippen molar-refractivity contribution in [1.82, 2.24) is 5.32 Å². The quantitative estimate of drug-likeness (QED) is 0.548. The van der Waals surface area contributed by atoms with Crippen molar-refractivity contribution >= 4 is 5.97 Å². The highest BCUT2D eigenvalue weighted by Gasteiger charge is 2.32. The number of carboxylic acid groups (broad SMARTS) is 1. The van der Waals surface area contributed by atoms with E-state index in [1.807, 2.05) is 0 Å². The van der Waals surface area contributed by atoms with Gasteiger partial charge >= 0.3 is 5.97 Å². The average molecular weight is 180 g/mol. The lowest BCUT2D eigenvalue weighted by Crippen LogP contribution is -2.55. The van der Waals surface area contributed by atoms with E-state index in [1.165, 1.54) is 6.08 Å². The summed E-state index contributed by atoms with van der Waals surface area (Å²) < 4.78 is 0. The molecular formula is C9H12N2O2. The number of allylic oxidation sites excluding steroid dienone is 2. The van der Waals surface area contributed by atoms with Crippen molar-refractivity contribution < 1.29 is 9.90 Å². The molecule has 4 heteroatoms. The molecule has 0 aromatic rings. The Hall–Kier alpha value is -1.55. The van der Waals surface area contributed by atoms with Gasteiger partial charge in [-0.15, -0.1) is 6.58 Å². The van der Waals surface area contributed by atoms with Crippen LogP contribution in [0.2, 0.25) is 0 Å². The lowest BCUT2D eigenvalue weighted by molar-refractivity contribution is -0.133. The summed E-state index contributed by atoms with van der Waals surface area (Å²) in [7, 11) is 0. The molecule has 1 unspecified atom stereocenters. The lowest BCUT2D eigenvalue weighted by Gasteiger charge is -2.31. The van der Waals surface area contributed by atoms with Crippen molar-refractivity contribution in [3.05, 3.63) is 36.6 Å². The SMILES string of the molecule is C=CCC1(N)NC=CC=C1C(=O)O. The molecule has 1 rings (SSSR count).